The number of likely N-dealkylation sites (tertiary alicyclic amines) is 1. The van der Waals surface area contributed by atoms with Crippen molar-refractivity contribution < 1.29 is 24.2 Å². The van der Waals surface area contributed by atoms with Crippen LogP contribution in [0.2, 0.25) is 0 Å². The molecule has 3 rings (SSSR count). The molecule has 0 aromatic carbocycles. The molecule has 5 atom stereocenters. The normalized spacial score (nSPS) is 28.4. The van der Waals surface area contributed by atoms with Crippen molar-refractivity contribution in [3.05, 3.63) is 25.3 Å². The van der Waals surface area contributed by atoms with Crippen molar-refractivity contribution in [3.63, 3.8) is 0 Å². The third-order valence-electron chi connectivity index (χ3n) is 8.30. The number of carbonyl (C=O) groups excluding carboxylic acids is 3. The number of nitrogens with zero attached hydrogens (tertiary/aromatic N) is 3. The van der Waals surface area contributed by atoms with Gasteiger partial charge in [-0.1, -0.05) is 39.8 Å². The lowest BCUT2D eigenvalue weighted by Gasteiger charge is -2.45. The van der Waals surface area contributed by atoms with E-state index in [9.17, 15) is 19.5 Å². The van der Waals surface area contributed by atoms with Crippen molar-refractivity contribution in [1.29, 1.82) is 0 Å². The molecule has 0 radical (unpaired) electrons. The average molecular weight is 532 g/mol. The number of rotatable bonds is 13. The molecule has 3 amide bonds. The topological polar surface area (TPSA) is 90.4 Å². The van der Waals surface area contributed by atoms with Gasteiger partial charge in [-0.05, 0) is 51.4 Å². The van der Waals surface area contributed by atoms with Gasteiger partial charge in [0, 0.05) is 38.3 Å². The van der Waals surface area contributed by atoms with Crippen molar-refractivity contribution in [3.8, 4) is 0 Å². The molecule has 3 aliphatic heterocycles. The fourth-order valence-corrected chi connectivity index (χ4v) is 7.43. The highest BCUT2D eigenvalue weighted by molar-refractivity contribution is 5.99. The van der Waals surface area contributed by atoms with Gasteiger partial charge in [0.05, 0.1) is 17.9 Å². The summed E-state index contributed by atoms with van der Waals surface area (Å²) in [5.41, 5.74) is -1.57. The highest BCUT2D eigenvalue weighted by atomic mass is 16.5. The van der Waals surface area contributed by atoms with E-state index in [0.717, 1.165) is 12.8 Å². The first-order valence-corrected chi connectivity index (χ1v) is 14.2. The Morgan fingerprint density at radius 3 is 2.37 bits per heavy atom. The minimum absolute atomic E-state index is 0.0280. The number of hydrogen-bond donors (Lipinski definition) is 1. The summed E-state index contributed by atoms with van der Waals surface area (Å²) >= 11 is 0. The molecule has 0 aromatic heterocycles. The zero-order valence-electron chi connectivity index (χ0n) is 24.4. The Morgan fingerprint density at radius 1 is 1.16 bits per heavy atom. The van der Waals surface area contributed by atoms with Crippen LogP contribution in [0.1, 0.15) is 73.6 Å². The SMILES string of the molecule is C=CCN(CCC)C(=O)[C@@H]1[C@@H]2CCC3(O2)C(C(=O)N(CC=C)C(C)(C)CC(C)(C)C)N(CCCO)C(=O)[C@H]13. The average Bonchev–Trinajstić information content (AvgIpc) is 3.46. The Balaban J connectivity index is 2.06. The maximum Gasteiger partial charge on any atom is 0.249 e. The molecular weight excluding hydrogens is 482 g/mol. The van der Waals surface area contributed by atoms with Crippen molar-refractivity contribution in [2.75, 3.05) is 32.8 Å². The van der Waals surface area contributed by atoms with Gasteiger partial charge in [-0.25, -0.2) is 0 Å². The van der Waals surface area contributed by atoms with Gasteiger partial charge in [0.2, 0.25) is 17.7 Å². The molecule has 38 heavy (non-hydrogen) atoms. The third-order valence-corrected chi connectivity index (χ3v) is 8.30. The van der Waals surface area contributed by atoms with E-state index in [1.165, 1.54) is 0 Å². The van der Waals surface area contributed by atoms with Crippen LogP contribution in [0.25, 0.3) is 0 Å². The summed E-state index contributed by atoms with van der Waals surface area (Å²) in [6, 6.07) is -0.840. The van der Waals surface area contributed by atoms with E-state index >= 15 is 0 Å². The molecule has 0 saturated carbocycles. The number of aliphatic hydroxyl groups is 1. The second-order valence-corrected chi connectivity index (χ2v) is 13.0. The summed E-state index contributed by atoms with van der Waals surface area (Å²) < 4.78 is 6.61. The highest BCUT2D eigenvalue weighted by Crippen LogP contribution is 2.59. The minimum Gasteiger partial charge on any atom is -0.396 e. The van der Waals surface area contributed by atoms with E-state index in [0.29, 0.717) is 38.9 Å². The number of carbonyl (C=O) groups is 3. The molecule has 3 fully saturated rings. The third kappa shape index (κ3) is 5.44. The van der Waals surface area contributed by atoms with E-state index in [4.69, 9.17) is 4.74 Å². The zero-order valence-corrected chi connectivity index (χ0v) is 24.4. The van der Waals surface area contributed by atoms with Crippen molar-refractivity contribution in [2.45, 2.75) is 96.9 Å². The van der Waals surface area contributed by atoms with Crippen LogP contribution >= 0.6 is 0 Å². The predicted molar refractivity (Wildman–Crippen MR) is 148 cm³/mol. The first-order valence-electron chi connectivity index (χ1n) is 14.2. The lowest BCUT2D eigenvalue weighted by molar-refractivity contribution is -0.153. The Kier molecular flexibility index (Phi) is 9.19. The number of aliphatic hydroxyl groups excluding tert-OH is 1. The fourth-order valence-electron chi connectivity index (χ4n) is 7.43. The maximum absolute atomic E-state index is 14.6. The first kappa shape index (κ1) is 30.4. The van der Waals surface area contributed by atoms with E-state index in [1.54, 1.807) is 22.0 Å². The van der Waals surface area contributed by atoms with Crippen LogP contribution in [0.4, 0.5) is 0 Å². The Morgan fingerprint density at radius 2 is 1.82 bits per heavy atom. The molecule has 3 heterocycles. The number of fused-ring (bicyclic) bond motifs is 1. The van der Waals surface area contributed by atoms with Crippen LogP contribution in [0, 0.1) is 17.3 Å². The van der Waals surface area contributed by atoms with E-state index < -0.39 is 29.0 Å². The number of hydrogen-bond acceptors (Lipinski definition) is 5. The molecule has 2 bridgehead atoms. The summed E-state index contributed by atoms with van der Waals surface area (Å²) in [5.74, 6) is -1.80. The van der Waals surface area contributed by atoms with Gasteiger partial charge >= 0.3 is 0 Å². The fraction of sp³-hybridized carbons (Fsp3) is 0.767. The smallest absolute Gasteiger partial charge is 0.249 e. The van der Waals surface area contributed by atoms with Crippen LogP contribution < -0.4 is 0 Å². The number of ether oxygens (including phenoxy) is 1. The summed E-state index contributed by atoms with van der Waals surface area (Å²) in [5, 5.41) is 9.60. The van der Waals surface area contributed by atoms with Crippen LogP contribution in [-0.4, -0.2) is 93.6 Å². The lowest BCUT2D eigenvalue weighted by atomic mass is 9.70. The van der Waals surface area contributed by atoms with Gasteiger partial charge in [0.25, 0.3) is 0 Å². The van der Waals surface area contributed by atoms with Crippen LogP contribution in [0.15, 0.2) is 25.3 Å². The van der Waals surface area contributed by atoms with Crippen molar-refractivity contribution >= 4 is 17.7 Å². The van der Waals surface area contributed by atoms with Gasteiger partial charge in [0.1, 0.15) is 11.6 Å². The maximum atomic E-state index is 14.6. The van der Waals surface area contributed by atoms with Crippen molar-refractivity contribution in [1.82, 2.24) is 14.7 Å². The van der Waals surface area contributed by atoms with Gasteiger partial charge in [-0.3, -0.25) is 14.4 Å². The van der Waals surface area contributed by atoms with Crippen LogP contribution in [-0.2, 0) is 19.1 Å². The van der Waals surface area contributed by atoms with E-state index in [-0.39, 0.29) is 42.4 Å². The molecule has 0 aliphatic carbocycles. The Hall–Kier alpha value is -2.19. The largest absolute Gasteiger partial charge is 0.396 e. The molecule has 2 unspecified atom stereocenters. The quantitative estimate of drug-likeness (QED) is 0.368. The standard InChI is InChI=1S/C30H49N3O5/c1-9-15-31(16-10-2)25(35)22-21-13-14-30(38-21)23(22)26(36)32(18-12-19-34)24(30)27(37)33(17-11-3)29(7,8)20-28(4,5)6/h9,11,21-24,34H,1,3,10,12-20H2,2,4-8H3/t21-,22+,23-,24?,30?/m0/s1. The molecule has 1 N–H and O–H groups in total. The first-order chi connectivity index (χ1) is 17.8. The lowest BCUT2D eigenvalue weighted by Crippen LogP contribution is -2.61. The Labute approximate surface area is 229 Å². The molecule has 8 nitrogen and oxygen atoms in total. The van der Waals surface area contributed by atoms with Crippen LogP contribution in [0.5, 0.6) is 0 Å². The molecule has 1 spiro atoms. The molecule has 0 aromatic rings. The second-order valence-electron chi connectivity index (χ2n) is 13.0. The predicted octanol–water partition coefficient (Wildman–Crippen LogP) is 3.40. The molecule has 3 saturated heterocycles. The van der Waals surface area contributed by atoms with E-state index in [1.807, 2.05) is 11.8 Å². The van der Waals surface area contributed by atoms with E-state index in [2.05, 4.69) is 47.8 Å². The summed E-state index contributed by atoms with van der Waals surface area (Å²) in [4.78, 5) is 47.7. The number of amides is 3. The minimum atomic E-state index is -1.04. The van der Waals surface area contributed by atoms with Crippen LogP contribution in [0.3, 0.4) is 0 Å². The van der Waals surface area contributed by atoms with Gasteiger partial charge in [0.15, 0.2) is 0 Å². The Bertz CT molecular complexity index is 925. The molecule has 8 heteroatoms. The molecule has 214 valence electrons. The van der Waals surface area contributed by atoms with Gasteiger partial charge in [-0.15, -0.1) is 13.2 Å². The van der Waals surface area contributed by atoms with Gasteiger partial charge < -0.3 is 24.5 Å². The molecular formula is C30H49N3O5. The summed E-state index contributed by atoms with van der Waals surface area (Å²) in [6.45, 7) is 21.8. The van der Waals surface area contributed by atoms with Crippen molar-refractivity contribution in [2.24, 2.45) is 17.3 Å². The second kappa shape index (κ2) is 11.5. The summed E-state index contributed by atoms with van der Waals surface area (Å²) in [7, 11) is 0. The summed E-state index contributed by atoms with van der Waals surface area (Å²) in [6.07, 6.45) is 6.15. The monoisotopic (exact) mass is 531 g/mol. The zero-order chi connectivity index (χ0) is 28.5. The molecule has 3 aliphatic rings. The highest BCUT2D eigenvalue weighted by Gasteiger charge is 2.75. The van der Waals surface area contributed by atoms with Gasteiger partial charge in [-0.2, -0.15) is 0 Å².